The van der Waals surface area contributed by atoms with Gasteiger partial charge in [-0.15, -0.1) is 0 Å². The third kappa shape index (κ3) is 3.98. The molecule has 5 rings (SSSR count). The Kier molecular flexibility index (Phi) is 4.96. The van der Waals surface area contributed by atoms with Gasteiger partial charge in [0.15, 0.2) is 0 Å². The van der Waals surface area contributed by atoms with Gasteiger partial charge < -0.3 is 19.9 Å². The van der Waals surface area contributed by atoms with Crippen LogP contribution in [0.4, 0.5) is 10.5 Å². The zero-order valence-electron chi connectivity index (χ0n) is 18.6. The molecule has 1 aliphatic rings. The second-order valence-corrected chi connectivity index (χ2v) is 9.24. The molecule has 164 valence electrons. The summed E-state index contributed by atoms with van der Waals surface area (Å²) in [5, 5.41) is 5.20. The highest BCUT2D eigenvalue weighted by molar-refractivity contribution is 5.99. The molecule has 0 aliphatic carbocycles. The average Bonchev–Trinajstić information content (AvgIpc) is 3.38. The first-order chi connectivity index (χ1) is 15.4. The lowest BCUT2D eigenvalue weighted by molar-refractivity contribution is 0.0509. The summed E-state index contributed by atoms with van der Waals surface area (Å²) in [7, 11) is 0. The van der Waals surface area contributed by atoms with E-state index in [1.54, 1.807) is 6.20 Å². The monoisotopic (exact) mass is 429 g/mol. The van der Waals surface area contributed by atoms with Gasteiger partial charge in [0.2, 0.25) is 0 Å². The summed E-state index contributed by atoms with van der Waals surface area (Å²) in [6.07, 6.45) is 6.16. The van der Waals surface area contributed by atoms with Crippen molar-refractivity contribution in [2.45, 2.75) is 38.8 Å². The number of rotatable bonds is 3. The van der Waals surface area contributed by atoms with E-state index in [1.807, 2.05) is 39.2 Å². The van der Waals surface area contributed by atoms with E-state index in [4.69, 9.17) is 4.74 Å². The van der Waals surface area contributed by atoms with Crippen molar-refractivity contribution in [3.63, 3.8) is 0 Å². The van der Waals surface area contributed by atoms with Crippen LogP contribution in [0.5, 0.6) is 0 Å². The lowest BCUT2D eigenvalue weighted by Crippen LogP contribution is -2.40. The molecule has 1 atom stereocenters. The van der Waals surface area contributed by atoms with Gasteiger partial charge in [0.1, 0.15) is 11.2 Å². The van der Waals surface area contributed by atoms with Crippen LogP contribution >= 0.6 is 0 Å². The number of benzene rings is 1. The number of anilines is 1. The van der Waals surface area contributed by atoms with Crippen LogP contribution in [-0.2, 0) is 4.74 Å². The number of pyridine rings is 2. The largest absolute Gasteiger partial charge is 0.444 e. The molecule has 4 aromatic rings. The van der Waals surface area contributed by atoms with Crippen molar-refractivity contribution in [3.8, 4) is 11.1 Å². The molecule has 0 spiro atoms. The van der Waals surface area contributed by atoms with Crippen molar-refractivity contribution in [1.29, 1.82) is 0 Å². The molecule has 3 aromatic heterocycles. The Morgan fingerprint density at radius 3 is 2.88 bits per heavy atom. The van der Waals surface area contributed by atoms with Crippen molar-refractivity contribution in [2.24, 2.45) is 0 Å². The molecule has 1 amide bonds. The van der Waals surface area contributed by atoms with E-state index in [0.29, 0.717) is 0 Å². The van der Waals surface area contributed by atoms with Gasteiger partial charge in [0.25, 0.3) is 0 Å². The predicted octanol–water partition coefficient (Wildman–Crippen LogP) is 4.88. The number of nitrogens with zero attached hydrogens (tertiary/aromatic N) is 3. The number of fused-ring (bicyclic) bond motifs is 2. The summed E-state index contributed by atoms with van der Waals surface area (Å²) >= 11 is 0. The van der Waals surface area contributed by atoms with Crippen LogP contribution < -0.4 is 10.2 Å². The second-order valence-electron chi connectivity index (χ2n) is 9.24. The maximum atomic E-state index is 12.2. The minimum atomic E-state index is -0.502. The number of hydrogen-bond acceptors (Lipinski definition) is 5. The van der Waals surface area contributed by atoms with E-state index >= 15 is 0 Å². The molecule has 7 heteroatoms. The van der Waals surface area contributed by atoms with Gasteiger partial charge >= 0.3 is 6.09 Å². The molecule has 7 nitrogen and oxygen atoms in total. The number of nitrogens with one attached hydrogen (secondary N) is 2. The van der Waals surface area contributed by atoms with Gasteiger partial charge in [-0.2, -0.15) is 0 Å². The summed E-state index contributed by atoms with van der Waals surface area (Å²) in [4.78, 5) is 26.7. The fraction of sp³-hybridized carbons (Fsp3) is 0.320. The first-order valence-electron chi connectivity index (χ1n) is 10.9. The highest BCUT2D eigenvalue weighted by Crippen LogP contribution is 2.34. The van der Waals surface area contributed by atoms with Crippen LogP contribution in [0.1, 0.15) is 27.2 Å². The topological polar surface area (TPSA) is 83.1 Å². The van der Waals surface area contributed by atoms with E-state index in [0.717, 1.165) is 58.3 Å². The third-order valence-corrected chi connectivity index (χ3v) is 5.73. The van der Waals surface area contributed by atoms with Crippen LogP contribution in [-0.4, -0.2) is 45.8 Å². The van der Waals surface area contributed by atoms with Crippen molar-refractivity contribution < 1.29 is 9.53 Å². The minimum Gasteiger partial charge on any atom is -0.444 e. The van der Waals surface area contributed by atoms with Crippen LogP contribution in [0.3, 0.4) is 0 Å². The maximum absolute atomic E-state index is 12.2. The molecule has 0 bridgehead atoms. The standard InChI is InChI=1S/C25H27N5O2/c1-25(2,3)32-24(31)29-17-9-12-30(15-17)22-8-11-26-21-7-6-16(13-19(21)22)20-14-28-23-18(20)5-4-10-27-23/h4-8,10-11,13-14,17H,9,12,15H2,1-3H3,(H,27,28)(H,29,31)/t17-/m0/s1. The van der Waals surface area contributed by atoms with Gasteiger partial charge in [0.05, 0.1) is 11.6 Å². The van der Waals surface area contributed by atoms with E-state index in [2.05, 4.69) is 55.5 Å². The fourth-order valence-corrected chi connectivity index (χ4v) is 4.34. The number of aromatic amines is 1. The molecule has 0 radical (unpaired) electrons. The van der Waals surface area contributed by atoms with Crippen LogP contribution in [0.15, 0.2) is 55.0 Å². The SMILES string of the molecule is CC(C)(C)OC(=O)N[C@H]1CCN(c2ccnc3ccc(-c4c[nH]c5ncccc45)cc23)C1. The Bertz CT molecular complexity index is 1290. The van der Waals surface area contributed by atoms with E-state index in [1.165, 1.54) is 0 Å². The van der Waals surface area contributed by atoms with Crippen LogP contribution in [0.25, 0.3) is 33.1 Å². The second kappa shape index (κ2) is 7.82. The fourth-order valence-electron chi connectivity index (χ4n) is 4.34. The Morgan fingerprint density at radius 1 is 1.16 bits per heavy atom. The van der Waals surface area contributed by atoms with E-state index < -0.39 is 5.60 Å². The minimum absolute atomic E-state index is 0.0518. The van der Waals surface area contributed by atoms with Gasteiger partial charge in [-0.05, 0) is 63.1 Å². The molecule has 1 fully saturated rings. The lowest BCUT2D eigenvalue weighted by atomic mass is 10.0. The number of carbonyl (C=O) groups is 1. The van der Waals surface area contributed by atoms with Crippen LogP contribution in [0.2, 0.25) is 0 Å². The van der Waals surface area contributed by atoms with Crippen LogP contribution in [0, 0.1) is 0 Å². The molecule has 0 unspecified atom stereocenters. The van der Waals surface area contributed by atoms with Crippen molar-refractivity contribution >= 4 is 33.7 Å². The first-order valence-corrected chi connectivity index (χ1v) is 10.9. The number of ether oxygens (including phenoxy) is 1. The Balaban J connectivity index is 1.42. The molecule has 2 N–H and O–H groups in total. The predicted molar refractivity (Wildman–Crippen MR) is 127 cm³/mol. The Morgan fingerprint density at radius 2 is 2.03 bits per heavy atom. The average molecular weight is 430 g/mol. The summed E-state index contributed by atoms with van der Waals surface area (Å²) in [5.41, 5.74) is 4.70. The number of carbonyl (C=O) groups excluding carboxylic acids is 1. The molecular weight excluding hydrogens is 402 g/mol. The summed E-state index contributed by atoms with van der Waals surface area (Å²) < 4.78 is 5.42. The number of amides is 1. The third-order valence-electron chi connectivity index (χ3n) is 5.73. The van der Waals surface area contributed by atoms with E-state index in [9.17, 15) is 4.79 Å². The molecule has 1 aliphatic heterocycles. The first kappa shape index (κ1) is 20.3. The zero-order valence-corrected chi connectivity index (χ0v) is 18.6. The number of H-pyrrole nitrogens is 1. The maximum Gasteiger partial charge on any atom is 0.407 e. The van der Waals surface area contributed by atoms with Crippen molar-refractivity contribution in [3.05, 3.63) is 55.0 Å². The van der Waals surface area contributed by atoms with Crippen molar-refractivity contribution in [2.75, 3.05) is 18.0 Å². The summed E-state index contributed by atoms with van der Waals surface area (Å²) in [6.45, 7) is 7.22. The highest BCUT2D eigenvalue weighted by Gasteiger charge is 2.27. The Hall–Kier alpha value is -3.61. The lowest BCUT2D eigenvalue weighted by Gasteiger charge is -2.23. The van der Waals surface area contributed by atoms with Gasteiger partial charge in [-0.25, -0.2) is 9.78 Å². The summed E-state index contributed by atoms with van der Waals surface area (Å²) in [6, 6.07) is 12.5. The van der Waals surface area contributed by atoms with Gasteiger partial charge in [-0.3, -0.25) is 4.98 Å². The normalized spacial score (nSPS) is 16.6. The molecule has 1 aromatic carbocycles. The van der Waals surface area contributed by atoms with E-state index in [-0.39, 0.29) is 12.1 Å². The summed E-state index contributed by atoms with van der Waals surface area (Å²) in [5.74, 6) is 0. The zero-order chi connectivity index (χ0) is 22.3. The smallest absolute Gasteiger partial charge is 0.407 e. The Labute approximate surface area is 186 Å². The molecular formula is C25H27N5O2. The number of alkyl carbamates (subject to hydrolysis) is 1. The number of aromatic nitrogens is 3. The van der Waals surface area contributed by atoms with Gasteiger partial charge in [0, 0.05) is 53.7 Å². The molecule has 0 saturated carbocycles. The molecule has 4 heterocycles. The van der Waals surface area contributed by atoms with Crippen molar-refractivity contribution in [1.82, 2.24) is 20.3 Å². The number of hydrogen-bond donors (Lipinski definition) is 2. The van der Waals surface area contributed by atoms with Gasteiger partial charge in [-0.1, -0.05) is 6.07 Å². The molecule has 1 saturated heterocycles. The molecule has 32 heavy (non-hydrogen) atoms. The quantitative estimate of drug-likeness (QED) is 0.485. The highest BCUT2D eigenvalue weighted by atomic mass is 16.6.